The van der Waals surface area contributed by atoms with Crippen LogP contribution in [0.15, 0.2) is 0 Å². The van der Waals surface area contributed by atoms with Crippen molar-refractivity contribution in [1.29, 1.82) is 0 Å². The highest BCUT2D eigenvalue weighted by Crippen LogP contribution is 2.34. The van der Waals surface area contributed by atoms with Gasteiger partial charge in [0, 0.05) is 31.2 Å². The van der Waals surface area contributed by atoms with Crippen LogP contribution in [0.4, 0.5) is 0 Å². The lowest BCUT2D eigenvalue weighted by Gasteiger charge is -2.20. The Morgan fingerprint density at radius 3 is 2.57 bits per heavy atom. The van der Waals surface area contributed by atoms with Crippen molar-refractivity contribution in [3.63, 3.8) is 0 Å². The monoisotopic (exact) mass is 194 g/mol. The number of nitrogens with one attached hydrogen (secondary N) is 1. The second-order valence-electron chi connectivity index (χ2n) is 5.50. The van der Waals surface area contributed by atoms with Crippen LogP contribution in [0, 0.1) is 5.92 Å². The van der Waals surface area contributed by atoms with Crippen LogP contribution < -0.4 is 5.32 Å². The van der Waals surface area contributed by atoms with Gasteiger partial charge >= 0.3 is 0 Å². The molecular weight excluding hydrogens is 172 g/mol. The van der Waals surface area contributed by atoms with Crippen molar-refractivity contribution < 1.29 is 0 Å². The molecule has 2 unspecified atom stereocenters. The highest BCUT2D eigenvalue weighted by atomic mass is 15.2. The van der Waals surface area contributed by atoms with E-state index in [-0.39, 0.29) is 0 Å². The van der Waals surface area contributed by atoms with Gasteiger partial charge in [-0.05, 0) is 44.9 Å². The van der Waals surface area contributed by atoms with Gasteiger partial charge in [0.25, 0.3) is 0 Å². The standard InChI is InChI=1S/C12H22N2/c1-9(10-2-3-10)13-11-6-7-14(8-11)12-4-5-12/h9-13H,2-8H2,1H3. The van der Waals surface area contributed by atoms with Crippen LogP contribution in [-0.2, 0) is 0 Å². The maximum Gasteiger partial charge on any atom is 0.0209 e. The molecule has 0 aromatic rings. The normalized spacial score (nSPS) is 36.2. The summed E-state index contributed by atoms with van der Waals surface area (Å²) >= 11 is 0. The molecule has 0 spiro atoms. The Labute approximate surface area is 87.0 Å². The van der Waals surface area contributed by atoms with Crippen LogP contribution in [0.25, 0.3) is 0 Å². The summed E-state index contributed by atoms with van der Waals surface area (Å²) in [5.41, 5.74) is 0. The molecule has 3 rings (SSSR count). The zero-order valence-corrected chi connectivity index (χ0v) is 9.21. The Morgan fingerprint density at radius 2 is 1.93 bits per heavy atom. The number of hydrogen-bond acceptors (Lipinski definition) is 2. The van der Waals surface area contributed by atoms with Gasteiger partial charge < -0.3 is 5.32 Å². The molecule has 1 saturated heterocycles. The number of rotatable bonds is 4. The van der Waals surface area contributed by atoms with Gasteiger partial charge in [0.15, 0.2) is 0 Å². The molecule has 0 aromatic heterocycles. The first-order valence-corrected chi connectivity index (χ1v) is 6.33. The van der Waals surface area contributed by atoms with Crippen molar-refractivity contribution in [1.82, 2.24) is 10.2 Å². The maximum absolute atomic E-state index is 3.81. The second-order valence-corrected chi connectivity index (χ2v) is 5.50. The molecule has 2 nitrogen and oxygen atoms in total. The van der Waals surface area contributed by atoms with Crippen molar-refractivity contribution >= 4 is 0 Å². The van der Waals surface area contributed by atoms with Crippen molar-refractivity contribution in [2.45, 2.75) is 57.2 Å². The topological polar surface area (TPSA) is 15.3 Å². The third-order valence-corrected chi connectivity index (χ3v) is 4.11. The van der Waals surface area contributed by atoms with Crippen molar-refractivity contribution in [3.05, 3.63) is 0 Å². The summed E-state index contributed by atoms with van der Waals surface area (Å²) in [5, 5.41) is 3.81. The molecular formula is C12H22N2. The van der Waals surface area contributed by atoms with E-state index >= 15 is 0 Å². The van der Waals surface area contributed by atoms with Crippen molar-refractivity contribution in [3.8, 4) is 0 Å². The van der Waals surface area contributed by atoms with E-state index in [1.807, 2.05) is 0 Å². The lowest BCUT2D eigenvalue weighted by Crippen LogP contribution is -2.39. The fourth-order valence-electron chi connectivity index (χ4n) is 2.80. The molecule has 1 heterocycles. The zero-order valence-electron chi connectivity index (χ0n) is 9.21. The van der Waals surface area contributed by atoms with Gasteiger partial charge in [-0.15, -0.1) is 0 Å². The third-order valence-electron chi connectivity index (χ3n) is 4.11. The highest BCUT2D eigenvalue weighted by Gasteiger charge is 2.36. The van der Waals surface area contributed by atoms with Gasteiger partial charge in [-0.1, -0.05) is 0 Å². The first-order chi connectivity index (χ1) is 6.83. The third kappa shape index (κ3) is 1.96. The van der Waals surface area contributed by atoms with E-state index in [1.165, 1.54) is 45.2 Å². The van der Waals surface area contributed by atoms with Crippen molar-refractivity contribution in [2.75, 3.05) is 13.1 Å². The number of nitrogens with zero attached hydrogens (tertiary/aromatic N) is 1. The summed E-state index contributed by atoms with van der Waals surface area (Å²) in [7, 11) is 0. The number of hydrogen-bond donors (Lipinski definition) is 1. The van der Waals surface area contributed by atoms with Crippen LogP contribution in [0.1, 0.15) is 39.0 Å². The zero-order chi connectivity index (χ0) is 9.54. The van der Waals surface area contributed by atoms with Gasteiger partial charge in [0.1, 0.15) is 0 Å². The molecule has 2 saturated carbocycles. The lowest BCUT2D eigenvalue weighted by atomic mass is 10.1. The SMILES string of the molecule is CC(NC1CCN(C2CC2)C1)C1CC1. The first-order valence-electron chi connectivity index (χ1n) is 6.33. The van der Waals surface area contributed by atoms with Gasteiger partial charge in [0.2, 0.25) is 0 Å². The van der Waals surface area contributed by atoms with Crippen LogP contribution in [0.3, 0.4) is 0 Å². The average Bonchev–Trinajstić information content (AvgIpc) is 3.06. The molecule has 2 aliphatic carbocycles. The molecule has 3 aliphatic rings. The minimum Gasteiger partial charge on any atom is -0.310 e. The molecule has 80 valence electrons. The molecule has 0 bridgehead atoms. The molecule has 1 aliphatic heterocycles. The van der Waals surface area contributed by atoms with E-state index in [9.17, 15) is 0 Å². The van der Waals surface area contributed by atoms with Crippen LogP contribution >= 0.6 is 0 Å². The molecule has 2 heteroatoms. The van der Waals surface area contributed by atoms with E-state index in [2.05, 4.69) is 17.1 Å². The minimum absolute atomic E-state index is 0.777. The van der Waals surface area contributed by atoms with Crippen LogP contribution in [-0.4, -0.2) is 36.1 Å². The molecule has 0 radical (unpaired) electrons. The minimum atomic E-state index is 0.777. The van der Waals surface area contributed by atoms with Crippen molar-refractivity contribution in [2.24, 2.45) is 5.92 Å². The molecule has 0 aromatic carbocycles. The molecule has 2 atom stereocenters. The summed E-state index contributed by atoms with van der Waals surface area (Å²) in [6.07, 6.45) is 7.24. The smallest absolute Gasteiger partial charge is 0.0209 e. The Balaban J connectivity index is 1.44. The molecule has 14 heavy (non-hydrogen) atoms. The van der Waals surface area contributed by atoms with E-state index in [1.54, 1.807) is 0 Å². The molecule has 0 amide bonds. The van der Waals surface area contributed by atoms with Crippen LogP contribution in [0.2, 0.25) is 0 Å². The highest BCUT2D eigenvalue weighted by molar-refractivity contribution is 4.94. The molecule has 1 N–H and O–H groups in total. The largest absolute Gasteiger partial charge is 0.310 e. The van der Waals surface area contributed by atoms with E-state index in [0.29, 0.717) is 0 Å². The Morgan fingerprint density at radius 1 is 1.14 bits per heavy atom. The predicted octanol–water partition coefficient (Wildman–Crippen LogP) is 1.61. The van der Waals surface area contributed by atoms with E-state index < -0.39 is 0 Å². The van der Waals surface area contributed by atoms with Gasteiger partial charge in [0.05, 0.1) is 0 Å². The summed E-state index contributed by atoms with van der Waals surface area (Å²) < 4.78 is 0. The van der Waals surface area contributed by atoms with Gasteiger partial charge in [-0.3, -0.25) is 4.90 Å². The first kappa shape index (κ1) is 9.17. The summed E-state index contributed by atoms with van der Waals surface area (Å²) in [5.74, 6) is 1.00. The van der Waals surface area contributed by atoms with E-state index in [4.69, 9.17) is 0 Å². The average molecular weight is 194 g/mol. The Bertz CT molecular complexity index is 208. The lowest BCUT2D eigenvalue weighted by molar-refractivity contribution is 0.310. The quantitative estimate of drug-likeness (QED) is 0.731. The van der Waals surface area contributed by atoms with E-state index in [0.717, 1.165) is 24.0 Å². The Kier molecular flexibility index (Phi) is 2.29. The molecule has 3 fully saturated rings. The second kappa shape index (κ2) is 3.49. The summed E-state index contributed by atoms with van der Waals surface area (Å²) in [4.78, 5) is 2.69. The predicted molar refractivity (Wildman–Crippen MR) is 58.3 cm³/mol. The summed E-state index contributed by atoms with van der Waals surface area (Å²) in [6.45, 7) is 5.04. The Hall–Kier alpha value is -0.0800. The van der Waals surface area contributed by atoms with Gasteiger partial charge in [-0.25, -0.2) is 0 Å². The fraction of sp³-hybridized carbons (Fsp3) is 1.00. The van der Waals surface area contributed by atoms with Gasteiger partial charge in [-0.2, -0.15) is 0 Å². The summed E-state index contributed by atoms with van der Waals surface area (Å²) in [6, 6.07) is 2.54. The number of likely N-dealkylation sites (tertiary alicyclic amines) is 1. The fourth-order valence-corrected chi connectivity index (χ4v) is 2.80. The van der Waals surface area contributed by atoms with Crippen LogP contribution in [0.5, 0.6) is 0 Å². The maximum atomic E-state index is 3.81.